The van der Waals surface area contributed by atoms with Crippen molar-refractivity contribution in [1.82, 2.24) is 10.9 Å². The van der Waals surface area contributed by atoms with Crippen LogP contribution in [0.15, 0.2) is 48.5 Å². The Hall–Kier alpha value is -2.69. The Morgan fingerprint density at radius 3 is 1.65 bits per heavy atom. The van der Waals surface area contributed by atoms with E-state index in [1.54, 1.807) is 0 Å². The number of hydrogen-bond donors (Lipinski definition) is 4. The van der Waals surface area contributed by atoms with E-state index in [1.807, 2.05) is 62.4 Å². The van der Waals surface area contributed by atoms with Gasteiger partial charge in [0.25, 0.3) is 0 Å². The van der Waals surface area contributed by atoms with Crippen LogP contribution in [-0.4, -0.2) is 6.03 Å². The second-order valence-electron chi connectivity index (χ2n) is 4.57. The average Bonchev–Trinajstić information content (AvgIpc) is 2.43. The maximum atomic E-state index is 11.6. The van der Waals surface area contributed by atoms with Gasteiger partial charge in [0.2, 0.25) is 0 Å². The fraction of sp³-hybridized carbons (Fsp3) is 0.133. The van der Waals surface area contributed by atoms with E-state index < -0.39 is 0 Å². The Labute approximate surface area is 118 Å². The molecular weight excluding hydrogens is 252 g/mol. The number of urea groups is 1. The lowest BCUT2D eigenvalue weighted by atomic mass is 10.2. The van der Waals surface area contributed by atoms with Gasteiger partial charge in [-0.15, -0.1) is 0 Å². The van der Waals surface area contributed by atoms with Gasteiger partial charge in [0.15, 0.2) is 0 Å². The highest BCUT2D eigenvalue weighted by Gasteiger charge is 1.99. The summed E-state index contributed by atoms with van der Waals surface area (Å²) >= 11 is 0. The molecule has 2 aromatic carbocycles. The molecule has 0 fully saturated rings. The molecule has 0 aliphatic heterocycles. The minimum absolute atomic E-state index is 0.368. The van der Waals surface area contributed by atoms with Gasteiger partial charge < -0.3 is 0 Å². The summed E-state index contributed by atoms with van der Waals surface area (Å²) < 4.78 is 0. The van der Waals surface area contributed by atoms with E-state index in [0.29, 0.717) is 0 Å². The molecule has 4 N–H and O–H groups in total. The lowest BCUT2D eigenvalue weighted by Gasteiger charge is -2.12. The minimum Gasteiger partial charge on any atom is -0.297 e. The highest BCUT2D eigenvalue weighted by molar-refractivity contribution is 5.76. The standard InChI is InChI=1S/C15H18N4O/c1-11-5-3-7-13(9-11)16-18-15(20)19-17-14-8-4-6-12(2)10-14/h3-10,16-17H,1-2H3,(H2,18,19,20). The predicted octanol–water partition coefficient (Wildman–Crippen LogP) is 2.96. The number of hydrazine groups is 2. The van der Waals surface area contributed by atoms with Crippen molar-refractivity contribution < 1.29 is 4.79 Å². The molecule has 0 bridgehead atoms. The molecular formula is C15H18N4O. The number of hydrogen-bond acceptors (Lipinski definition) is 3. The summed E-state index contributed by atoms with van der Waals surface area (Å²) in [4.78, 5) is 11.6. The van der Waals surface area contributed by atoms with Gasteiger partial charge in [0.1, 0.15) is 0 Å². The molecule has 0 unspecified atom stereocenters. The third kappa shape index (κ3) is 4.20. The van der Waals surface area contributed by atoms with Crippen LogP contribution < -0.4 is 21.7 Å². The molecule has 0 saturated heterocycles. The second-order valence-corrected chi connectivity index (χ2v) is 4.57. The monoisotopic (exact) mass is 270 g/mol. The maximum Gasteiger partial charge on any atom is 0.352 e. The van der Waals surface area contributed by atoms with Crippen molar-refractivity contribution in [2.45, 2.75) is 13.8 Å². The number of aryl methyl sites for hydroxylation is 2. The Morgan fingerprint density at radius 2 is 1.25 bits per heavy atom. The van der Waals surface area contributed by atoms with Crippen LogP contribution >= 0.6 is 0 Å². The molecule has 5 nitrogen and oxygen atoms in total. The van der Waals surface area contributed by atoms with Gasteiger partial charge in [0, 0.05) is 0 Å². The summed E-state index contributed by atoms with van der Waals surface area (Å²) in [6, 6.07) is 15.1. The van der Waals surface area contributed by atoms with Crippen molar-refractivity contribution in [1.29, 1.82) is 0 Å². The molecule has 2 aromatic rings. The zero-order valence-corrected chi connectivity index (χ0v) is 11.5. The molecule has 2 amide bonds. The molecule has 0 radical (unpaired) electrons. The van der Waals surface area contributed by atoms with Crippen molar-refractivity contribution in [2.24, 2.45) is 0 Å². The third-order valence-corrected chi connectivity index (χ3v) is 2.68. The van der Waals surface area contributed by atoms with Crippen LogP contribution in [0.1, 0.15) is 11.1 Å². The molecule has 0 heterocycles. The van der Waals surface area contributed by atoms with Crippen LogP contribution in [0.2, 0.25) is 0 Å². The van der Waals surface area contributed by atoms with E-state index >= 15 is 0 Å². The van der Waals surface area contributed by atoms with Crippen molar-refractivity contribution in [3.8, 4) is 0 Å². The molecule has 0 aliphatic rings. The first-order chi connectivity index (χ1) is 9.63. The van der Waals surface area contributed by atoms with E-state index in [1.165, 1.54) is 0 Å². The van der Waals surface area contributed by atoms with Gasteiger partial charge in [-0.2, -0.15) is 0 Å². The number of anilines is 2. The highest BCUT2D eigenvalue weighted by Crippen LogP contribution is 2.08. The molecule has 2 rings (SSSR count). The lowest BCUT2D eigenvalue weighted by Crippen LogP contribution is -2.41. The van der Waals surface area contributed by atoms with Gasteiger partial charge in [-0.1, -0.05) is 24.3 Å². The van der Waals surface area contributed by atoms with E-state index in [0.717, 1.165) is 22.5 Å². The number of carbonyl (C=O) groups excluding carboxylic acids is 1. The first-order valence-electron chi connectivity index (χ1n) is 6.35. The Morgan fingerprint density at radius 1 is 0.800 bits per heavy atom. The zero-order valence-electron chi connectivity index (χ0n) is 11.5. The first kappa shape index (κ1) is 13.7. The number of carbonyl (C=O) groups is 1. The topological polar surface area (TPSA) is 65.2 Å². The highest BCUT2D eigenvalue weighted by atomic mass is 16.2. The zero-order chi connectivity index (χ0) is 14.4. The Bertz CT molecular complexity index is 546. The van der Waals surface area contributed by atoms with E-state index in [9.17, 15) is 4.79 Å². The summed E-state index contributed by atoms with van der Waals surface area (Å²) in [7, 11) is 0. The molecule has 20 heavy (non-hydrogen) atoms. The molecule has 0 saturated carbocycles. The van der Waals surface area contributed by atoms with Crippen LogP contribution in [0.25, 0.3) is 0 Å². The van der Waals surface area contributed by atoms with Crippen LogP contribution in [0.4, 0.5) is 16.2 Å². The second kappa shape index (κ2) is 6.47. The normalized spacial score (nSPS) is 9.70. The maximum absolute atomic E-state index is 11.6. The number of amides is 2. The Kier molecular flexibility index (Phi) is 4.44. The van der Waals surface area contributed by atoms with Gasteiger partial charge in [0.05, 0.1) is 11.4 Å². The third-order valence-electron chi connectivity index (χ3n) is 2.68. The number of nitrogens with one attached hydrogen (secondary N) is 4. The molecule has 0 aliphatic carbocycles. The summed E-state index contributed by atoms with van der Waals surface area (Å²) in [5.41, 5.74) is 14.7. The van der Waals surface area contributed by atoms with Gasteiger partial charge in [-0.05, 0) is 49.2 Å². The fourth-order valence-electron chi connectivity index (χ4n) is 1.73. The van der Waals surface area contributed by atoms with Crippen LogP contribution in [0.5, 0.6) is 0 Å². The van der Waals surface area contributed by atoms with Crippen molar-refractivity contribution in [3.05, 3.63) is 59.7 Å². The lowest BCUT2D eigenvalue weighted by molar-refractivity contribution is 0.244. The molecule has 0 spiro atoms. The molecule has 5 heteroatoms. The Balaban J connectivity index is 1.78. The van der Waals surface area contributed by atoms with E-state index in [4.69, 9.17) is 0 Å². The van der Waals surface area contributed by atoms with E-state index in [-0.39, 0.29) is 6.03 Å². The SMILES string of the molecule is Cc1cccc(NNC(=O)NNc2cccc(C)c2)c1. The van der Waals surface area contributed by atoms with Crippen LogP contribution in [0, 0.1) is 13.8 Å². The first-order valence-corrected chi connectivity index (χ1v) is 6.35. The minimum atomic E-state index is -0.368. The molecule has 0 aromatic heterocycles. The fourth-order valence-corrected chi connectivity index (χ4v) is 1.73. The number of rotatable bonds is 4. The van der Waals surface area contributed by atoms with Gasteiger partial charge in [-0.3, -0.25) is 21.7 Å². The average molecular weight is 270 g/mol. The van der Waals surface area contributed by atoms with Crippen LogP contribution in [0.3, 0.4) is 0 Å². The summed E-state index contributed by atoms with van der Waals surface area (Å²) in [6.45, 7) is 3.98. The van der Waals surface area contributed by atoms with Crippen molar-refractivity contribution >= 4 is 17.4 Å². The van der Waals surface area contributed by atoms with Crippen molar-refractivity contribution in [2.75, 3.05) is 10.9 Å². The smallest absolute Gasteiger partial charge is 0.297 e. The largest absolute Gasteiger partial charge is 0.352 e. The van der Waals surface area contributed by atoms with E-state index in [2.05, 4.69) is 21.7 Å². The van der Waals surface area contributed by atoms with Gasteiger partial charge >= 0.3 is 6.03 Å². The summed E-state index contributed by atoms with van der Waals surface area (Å²) in [5.74, 6) is 0. The van der Waals surface area contributed by atoms with Gasteiger partial charge in [-0.25, -0.2) is 4.79 Å². The predicted molar refractivity (Wildman–Crippen MR) is 81.3 cm³/mol. The molecule has 104 valence electrons. The summed E-state index contributed by atoms with van der Waals surface area (Å²) in [6.07, 6.45) is 0. The van der Waals surface area contributed by atoms with Crippen LogP contribution in [-0.2, 0) is 0 Å². The number of benzene rings is 2. The van der Waals surface area contributed by atoms with Crippen molar-refractivity contribution in [3.63, 3.8) is 0 Å². The molecule has 0 atom stereocenters. The quantitative estimate of drug-likeness (QED) is 0.646. The summed E-state index contributed by atoms with van der Waals surface area (Å²) in [5, 5.41) is 0.